The monoisotopic (exact) mass is 226 g/mol. The van der Waals surface area contributed by atoms with Crippen LogP contribution in [0.15, 0.2) is 0 Å². The maximum absolute atomic E-state index is 11.9. The fraction of sp³-hybridized carbons (Fsp3) is 0.750. The molecule has 0 radical (unpaired) electrons. The van der Waals surface area contributed by atoms with E-state index in [4.69, 9.17) is 4.74 Å². The smallest absolute Gasteiger partial charge is 0.319 e. The van der Waals surface area contributed by atoms with Gasteiger partial charge in [0.25, 0.3) is 0 Å². The minimum Gasteiger partial charge on any atom is -0.468 e. The zero-order valence-electron chi connectivity index (χ0n) is 10.0. The third-order valence-corrected chi connectivity index (χ3v) is 3.57. The van der Waals surface area contributed by atoms with Crippen molar-refractivity contribution in [2.75, 3.05) is 7.11 Å². The quantitative estimate of drug-likeness (QED) is 0.538. The third kappa shape index (κ3) is 2.01. The molecule has 1 aliphatic rings. The summed E-state index contributed by atoms with van der Waals surface area (Å²) in [6, 6.07) is 0. The minimum atomic E-state index is -1.14. The van der Waals surface area contributed by atoms with E-state index in [1.807, 2.05) is 0 Å². The zero-order valence-corrected chi connectivity index (χ0v) is 10.0. The highest BCUT2D eigenvalue weighted by atomic mass is 16.5. The molecule has 16 heavy (non-hydrogen) atoms. The van der Waals surface area contributed by atoms with Crippen molar-refractivity contribution in [3.63, 3.8) is 0 Å². The fourth-order valence-corrected chi connectivity index (χ4v) is 2.39. The van der Waals surface area contributed by atoms with Crippen LogP contribution in [0.4, 0.5) is 0 Å². The van der Waals surface area contributed by atoms with Crippen molar-refractivity contribution in [1.82, 2.24) is 0 Å². The Balaban J connectivity index is 2.99. The molecule has 0 aliphatic heterocycles. The second kappa shape index (κ2) is 4.76. The first kappa shape index (κ1) is 12.9. The van der Waals surface area contributed by atoms with Crippen molar-refractivity contribution in [3.05, 3.63) is 0 Å². The molecule has 0 aromatic rings. The number of hydrogen-bond donors (Lipinski definition) is 0. The van der Waals surface area contributed by atoms with Gasteiger partial charge in [-0.15, -0.1) is 0 Å². The molecule has 0 unspecified atom stereocenters. The zero-order chi connectivity index (χ0) is 12.3. The van der Waals surface area contributed by atoms with E-state index in [0.29, 0.717) is 19.3 Å². The van der Waals surface area contributed by atoms with Gasteiger partial charge in [0.2, 0.25) is 0 Å². The van der Waals surface area contributed by atoms with Gasteiger partial charge in [0, 0.05) is 19.3 Å². The Morgan fingerprint density at radius 3 is 2.50 bits per heavy atom. The van der Waals surface area contributed by atoms with E-state index >= 15 is 0 Å². The molecule has 0 spiro atoms. The normalized spacial score (nSPS) is 23.9. The van der Waals surface area contributed by atoms with Crippen molar-refractivity contribution >= 4 is 17.5 Å². The second-order valence-corrected chi connectivity index (χ2v) is 4.45. The summed E-state index contributed by atoms with van der Waals surface area (Å²) in [6.07, 6.45) is 1.68. The van der Waals surface area contributed by atoms with Gasteiger partial charge in [-0.05, 0) is 19.3 Å². The highest BCUT2D eigenvalue weighted by Crippen LogP contribution is 2.40. The fourth-order valence-electron chi connectivity index (χ4n) is 2.39. The van der Waals surface area contributed by atoms with Crippen molar-refractivity contribution < 1.29 is 19.1 Å². The SMILES string of the molecule is CCC(=O)[C@](C)(C(=O)OC)[C@@H]1CCC(=O)C1. The Kier molecular flexibility index (Phi) is 3.83. The number of Topliss-reactive ketones (excluding diaryl/α,β-unsaturated/α-hetero) is 2. The Morgan fingerprint density at radius 1 is 1.50 bits per heavy atom. The van der Waals surface area contributed by atoms with E-state index in [1.165, 1.54) is 7.11 Å². The van der Waals surface area contributed by atoms with E-state index in [1.54, 1.807) is 13.8 Å². The Morgan fingerprint density at radius 2 is 2.12 bits per heavy atom. The summed E-state index contributed by atoms with van der Waals surface area (Å²) < 4.78 is 4.71. The largest absolute Gasteiger partial charge is 0.468 e. The lowest BCUT2D eigenvalue weighted by Gasteiger charge is -2.30. The van der Waals surface area contributed by atoms with Gasteiger partial charge in [0.1, 0.15) is 17.0 Å². The molecule has 1 saturated carbocycles. The van der Waals surface area contributed by atoms with Crippen LogP contribution in [0.5, 0.6) is 0 Å². The average molecular weight is 226 g/mol. The minimum absolute atomic E-state index is 0.129. The van der Waals surface area contributed by atoms with E-state index in [9.17, 15) is 14.4 Å². The van der Waals surface area contributed by atoms with Crippen LogP contribution >= 0.6 is 0 Å². The van der Waals surface area contributed by atoms with Gasteiger partial charge in [-0.1, -0.05) is 6.92 Å². The second-order valence-electron chi connectivity index (χ2n) is 4.45. The van der Waals surface area contributed by atoms with Gasteiger partial charge in [0.05, 0.1) is 7.11 Å². The summed E-state index contributed by atoms with van der Waals surface area (Å²) in [6.45, 7) is 3.33. The van der Waals surface area contributed by atoms with E-state index in [-0.39, 0.29) is 23.9 Å². The van der Waals surface area contributed by atoms with Gasteiger partial charge in [0.15, 0.2) is 0 Å². The highest BCUT2D eigenvalue weighted by Gasteiger charge is 2.49. The topological polar surface area (TPSA) is 60.4 Å². The Hall–Kier alpha value is -1.19. The first-order valence-corrected chi connectivity index (χ1v) is 5.60. The molecule has 0 heterocycles. The van der Waals surface area contributed by atoms with E-state index in [2.05, 4.69) is 0 Å². The van der Waals surface area contributed by atoms with Crippen molar-refractivity contribution in [1.29, 1.82) is 0 Å². The Bertz CT molecular complexity index is 303. The Labute approximate surface area is 95.3 Å². The standard InChI is InChI=1S/C12H18O4/c1-4-10(14)12(2,11(15)16-3)8-5-6-9(13)7-8/h8H,4-7H2,1-3H3/t8-,12-/m1/s1. The van der Waals surface area contributed by atoms with Crippen LogP contribution in [-0.2, 0) is 19.1 Å². The van der Waals surface area contributed by atoms with Crippen LogP contribution in [0.2, 0.25) is 0 Å². The molecule has 2 atom stereocenters. The molecule has 1 aliphatic carbocycles. The molecule has 0 bridgehead atoms. The summed E-state index contributed by atoms with van der Waals surface area (Å²) in [5, 5.41) is 0. The molecule has 0 amide bonds. The molecule has 0 N–H and O–H groups in total. The van der Waals surface area contributed by atoms with Crippen molar-refractivity contribution in [2.45, 2.75) is 39.5 Å². The van der Waals surface area contributed by atoms with Gasteiger partial charge in [-0.2, -0.15) is 0 Å². The van der Waals surface area contributed by atoms with Crippen LogP contribution in [0, 0.1) is 11.3 Å². The lowest BCUT2D eigenvalue weighted by Crippen LogP contribution is -2.43. The molecular formula is C12H18O4. The summed E-state index contributed by atoms with van der Waals surface area (Å²) in [4.78, 5) is 34.9. The number of hydrogen-bond acceptors (Lipinski definition) is 4. The first-order chi connectivity index (χ1) is 7.46. The van der Waals surface area contributed by atoms with Crippen LogP contribution in [-0.4, -0.2) is 24.6 Å². The lowest BCUT2D eigenvalue weighted by atomic mass is 9.72. The number of ketones is 2. The summed E-state index contributed by atoms with van der Waals surface area (Å²) in [7, 11) is 1.28. The van der Waals surface area contributed by atoms with Crippen LogP contribution < -0.4 is 0 Å². The maximum Gasteiger partial charge on any atom is 0.319 e. The van der Waals surface area contributed by atoms with Crippen molar-refractivity contribution in [2.24, 2.45) is 11.3 Å². The maximum atomic E-state index is 11.9. The summed E-state index contributed by atoms with van der Waals surface area (Å²) in [5.41, 5.74) is -1.14. The number of ether oxygens (including phenoxy) is 1. The van der Waals surface area contributed by atoms with Crippen LogP contribution in [0.3, 0.4) is 0 Å². The van der Waals surface area contributed by atoms with Crippen molar-refractivity contribution in [3.8, 4) is 0 Å². The molecule has 0 aromatic heterocycles. The molecule has 1 fully saturated rings. The van der Waals surface area contributed by atoms with Crippen LogP contribution in [0.25, 0.3) is 0 Å². The average Bonchev–Trinajstić information content (AvgIpc) is 2.72. The summed E-state index contributed by atoms with van der Waals surface area (Å²) in [5.74, 6) is -0.720. The predicted molar refractivity (Wildman–Crippen MR) is 57.8 cm³/mol. The number of rotatable bonds is 4. The first-order valence-electron chi connectivity index (χ1n) is 5.60. The molecular weight excluding hydrogens is 208 g/mol. The molecule has 0 saturated heterocycles. The number of carbonyl (C=O) groups excluding carboxylic acids is 3. The summed E-state index contributed by atoms with van der Waals surface area (Å²) >= 11 is 0. The molecule has 4 nitrogen and oxygen atoms in total. The molecule has 90 valence electrons. The van der Waals surface area contributed by atoms with Crippen LogP contribution in [0.1, 0.15) is 39.5 Å². The van der Waals surface area contributed by atoms with Gasteiger partial charge in [-0.25, -0.2) is 0 Å². The number of esters is 1. The molecule has 4 heteroatoms. The van der Waals surface area contributed by atoms with E-state index < -0.39 is 11.4 Å². The van der Waals surface area contributed by atoms with Gasteiger partial charge < -0.3 is 4.74 Å². The predicted octanol–water partition coefficient (Wildman–Crippen LogP) is 1.51. The third-order valence-electron chi connectivity index (χ3n) is 3.57. The number of methoxy groups -OCH3 is 1. The lowest BCUT2D eigenvalue weighted by molar-refractivity contribution is -0.160. The molecule has 0 aromatic carbocycles. The highest BCUT2D eigenvalue weighted by molar-refractivity contribution is 6.04. The van der Waals surface area contributed by atoms with E-state index in [0.717, 1.165) is 0 Å². The van der Waals surface area contributed by atoms with Gasteiger partial charge >= 0.3 is 5.97 Å². The van der Waals surface area contributed by atoms with Gasteiger partial charge in [-0.3, -0.25) is 14.4 Å². The molecule has 1 rings (SSSR count). The number of carbonyl (C=O) groups is 3.